The summed E-state index contributed by atoms with van der Waals surface area (Å²) in [6.45, 7) is 3.40. The van der Waals surface area contributed by atoms with E-state index in [2.05, 4.69) is 16.4 Å². The molecule has 21 heavy (non-hydrogen) atoms. The fourth-order valence-corrected chi connectivity index (χ4v) is 4.34. The van der Waals surface area contributed by atoms with Crippen molar-refractivity contribution in [1.82, 2.24) is 4.72 Å². The summed E-state index contributed by atoms with van der Waals surface area (Å²) in [4.78, 5) is 11.6. The number of thiocarbonyl (C=S) groups is 1. The Balaban J connectivity index is 2.94. The first-order chi connectivity index (χ1) is 9.68. The van der Waals surface area contributed by atoms with Gasteiger partial charge in [0.2, 0.25) is 10.0 Å². The lowest BCUT2D eigenvalue weighted by Crippen LogP contribution is -2.60. The van der Waals surface area contributed by atoms with Crippen LogP contribution in [0.1, 0.15) is 46.0 Å². The van der Waals surface area contributed by atoms with Crippen LogP contribution in [0.2, 0.25) is 0 Å². The van der Waals surface area contributed by atoms with E-state index < -0.39 is 26.8 Å². The van der Waals surface area contributed by atoms with Crippen molar-refractivity contribution in [3.05, 3.63) is 0 Å². The third kappa shape index (κ3) is 4.14. The molecule has 0 radical (unpaired) electrons. The average molecular weight is 336 g/mol. The van der Waals surface area contributed by atoms with Gasteiger partial charge in [0, 0.05) is 0 Å². The van der Waals surface area contributed by atoms with Crippen molar-refractivity contribution in [2.45, 2.75) is 56.7 Å². The third-order valence-electron chi connectivity index (χ3n) is 4.34. The van der Waals surface area contributed by atoms with Crippen LogP contribution in [0.4, 0.5) is 0 Å². The Morgan fingerprint density at radius 3 is 2.38 bits per heavy atom. The molecule has 1 atom stereocenters. The quantitative estimate of drug-likeness (QED) is 0.556. The second-order valence-corrected chi connectivity index (χ2v) is 8.05. The molecule has 0 aromatic carbocycles. The van der Waals surface area contributed by atoms with Gasteiger partial charge >= 0.3 is 5.97 Å². The maximum Gasteiger partial charge on any atom is 0.325 e. The molecule has 0 spiro atoms. The third-order valence-corrected chi connectivity index (χ3v) is 6.53. The predicted molar refractivity (Wildman–Crippen MR) is 85.3 cm³/mol. The number of esters is 1. The number of rotatable bonds is 6. The van der Waals surface area contributed by atoms with Gasteiger partial charge in [-0.2, -0.15) is 0 Å². The zero-order valence-electron chi connectivity index (χ0n) is 12.7. The fourth-order valence-electron chi connectivity index (χ4n) is 2.63. The minimum absolute atomic E-state index is 0.137. The van der Waals surface area contributed by atoms with Crippen LogP contribution < -0.4 is 10.5 Å². The average Bonchev–Trinajstić information content (AvgIpc) is 2.45. The monoisotopic (exact) mass is 336 g/mol. The van der Waals surface area contributed by atoms with Crippen molar-refractivity contribution in [2.75, 3.05) is 7.11 Å². The van der Waals surface area contributed by atoms with Gasteiger partial charge in [-0.3, -0.25) is 4.79 Å². The van der Waals surface area contributed by atoms with E-state index in [9.17, 15) is 13.2 Å². The van der Waals surface area contributed by atoms with E-state index in [0.29, 0.717) is 18.8 Å². The van der Waals surface area contributed by atoms with Crippen LogP contribution in [0.15, 0.2) is 0 Å². The van der Waals surface area contributed by atoms with E-state index in [1.165, 1.54) is 6.92 Å². The van der Waals surface area contributed by atoms with E-state index >= 15 is 0 Å². The highest BCUT2D eigenvalue weighted by molar-refractivity contribution is 7.91. The minimum atomic E-state index is -3.89. The summed E-state index contributed by atoms with van der Waals surface area (Å²) in [5.74, 6) is -0.238. The number of ether oxygens (including phenoxy) is 1. The van der Waals surface area contributed by atoms with Gasteiger partial charge in [0.05, 0.1) is 17.6 Å². The molecule has 0 aromatic heterocycles. The molecule has 0 saturated heterocycles. The number of carbonyl (C=O) groups is 1. The summed E-state index contributed by atoms with van der Waals surface area (Å²) < 4.78 is 31.7. The highest BCUT2D eigenvalue weighted by atomic mass is 32.2. The van der Waals surface area contributed by atoms with E-state index in [1.807, 2.05) is 0 Å². The lowest BCUT2D eigenvalue weighted by atomic mass is 9.76. The molecule has 0 bridgehead atoms. The van der Waals surface area contributed by atoms with Crippen molar-refractivity contribution in [3.8, 4) is 0 Å². The second-order valence-electron chi connectivity index (χ2n) is 5.61. The van der Waals surface area contributed by atoms with Crippen molar-refractivity contribution in [2.24, 2.45) is 11.7 Å². The summed E-state index contributed by atoms with van der Waals surface area (Å²) >= 11 is 5.09. The van der Waals surface area contributed by atoms with Gasteiger partial charge in [-0.05, 0) is 38.5 Å². The molecule has 8 heteroatoms. The number of hydrogen-bond donors (Lipinski definition) is 2. The second kappa shape index (κ2) is 7.02. The lowest BCUT2D eigenvalue weighted by Gasteiger charge is -2.40. The predicted octanol–water partition coefficient (Wildman–Crippen LogP) is 1.09. The Labute approximate surface area is 131 Å². The lowest BCUT2D eigenvalue weighted by molar-refractivity contribution is -0.139. The van der Waals surface area contributed by atoms with Crippen LogP contribution in [-0.2, 0) is 19.6 Å². The van der Waals surface area contributed by atoms with Gasteiger partial charge in [-0.25, -0.2) is 13.1 Å². The van der Waals surface area contributed by atoms with Crippen LogP contribution in [-0.4, -0.2) is 37.3 Å². The number of nitrogens with two attached hydrogens (primary N) is 1. The zero-order chi connectivity index (χ0) is 16.3. The zero-order valence-corrected chi connectivity index (χ0v) is 14.4. The molecular formula is C13H24N2O4S2. The molecule has 1 aliphatic rings. The van der Waals surface area contributed by atoms with Crippen LogP contribution in [0.5, 0.6) is 0 Å². The molecule has 1 saturated carbocycles. The normalized spacial score (nSPS) is 27.9. The minimum Gasteiger partial charge on any atom is -0.468 e. The van der Waals surface area contributed by atoms with Crippen molar-refractivity contribution >= 4 is 33.2 Å². The van der Waals surface area contributed by atoms with Gasteiger partial charge in [-0.1, -0.05) is 25.6 Å². The van der Waals surface area contributed by atoms with Gasteiger partial charge in [0.25, 0.3) is 0 Å². The Morgan fingerprint density at radius 2 is 2.00 bits per heavy atom. The number of nitrogens with one attached hydrogen (secondary N) is 1. The Bertz CT molecular complexity index is 496. The number of sulfonamides is 1. The maximum atomic E-state index is 12.3. The number of hydrogen-bond acceptors (Lipinski definition) is 5. The maximum absolute atomic E-state index is 12.3. The highest BCUT2D eigenvalue weighted by Gasteiger charge is 2.43. The van der Waals surface area contributed by atoms with Crippen LogP contribution in [0, 0.1) is 5.92 Å². The van der Waals surface area contributed by atoms with E-state index in [4.69, 9.17) is 18.0 Å². The topological polar surface area (TPSA) is 98.5 Å². The SMILES string of the molecule is CCC1CCC(NS(=O)(=O)C(C)C(=O)OC)(C(N)=S)CC1. The van der Waals surface area contributed by atoms with Gasteiger partial charge in [0.15, 0.2) is 5.25 Å². The summed E-state index contributed by atoms with van der Waals surface area (Å²) in [6, 6.07) is 0. The van der Waals surface area contributed by atoms with Crippen LogP contribution >= 0.6 is 12.2 Å². The molecule has 0 aliphatic heterocycles. The van der Waals surface area contributed by atoms with Gasteiger partial charge in [0.1, 0.15) is 0 Å². The first-order valence-corrected chi connectivity index (χ1v) is 9.04. The largest absolute Gasteiger partial charge is 0.468 e. The first-order valence-electron chi connectivity index (χ1n) is 7.09. The van der Waals surface area contributed by atoms with Gasteiger partial charge in [-0.15, -0.1) is 0 Å². The molecule has 1 unspecified atom stereocenters. The summed E-state index contributed by atoms with van der Waals surface area (Å²) in [7, 11) is -2.73. The van der Waals surface area contributed by atoms with Crippen LogP contribution in [0.25, 0.3) is 0 Å². The van der Waals surface area contributed by atoms with Crippen LogP contribution in [0.3, 0.4) is 0 Å². The first kappa shape index (κ1) is 18.3. The molecule has 0 amide bonds. The van der Waals surface area contributed by atoms with Crippen molar-refractivity contribution in [1.29, 1.82) is 0 Å². The standard InChI is InChI=1S/C13H24N2O4S2/c1-4-10-5-7-13(8-6-10,12(14)20)15-21(17,18)9(2)11(16)19-3/h9-10,15H,4-8H2,1-3H3,(H2,14,20). The van der Waals surface area contributed by atoms with Crippen molar-refractivity contribution < 1.29 is 17.9 Å². The summed E-state index contributed by atoms with van der Waals surface area (Å²) in [6.07, 6.45) is 3.91. The van der Waals surface area contributed by atoms with E-state index in [0.717, 1.165) is 26.4 Å². The van der Waals surface area contributed by atoms with Crippen molar-refractivity contribution in [3.63, 3.8) is 0 Å². The molecule has 122 valence electrons. The Kier molecular flexibility index (Phi) is 6.12. The molecule has 0 heterocycles. The molecule has 6 nitrogen and oxygen atoms in total. The number of methoxy groups -OCH3 is 1. The Hall–Kier alpha value is -0.730. The highest BCUT2D eigenvalue weighted by Crippen LogP contribution is 2.34. The fraction of sp³-hybridized carbons (Fsp3) is 0.846. The molecule has 1 aliphatic carbocycles. The molecular weight excluding hydrogens is 312 g/mol. The van der Waals surface area contributed by atoms with E-state index in [1.54, 1.807) is 0 Å². The van der Waals surface area contributed by atoms with Gasteiger partial charge < -0.3 is 10.5 Å². The molecule has 1 fully saturated rings. The molecule has 3 N–H and O–H groups in total. The molecule has 1 rings (SSSR count). The summed E-state index contributed by atoms with van der Waals surface area (Å²) in [5.41, 5.74) is 4.86. The van der Waals surface area contributed by atoms with E-state index in [-0.39, 0.29) is 4.99 Å². The smallest absolute Gasteiger partial charge is 0.325 e. The summed E-state index contributed by atoms with van der Waals surface area (Å²) in [5, 5.41) is -1.29. The molecule has 0 aromatic rings. The Morgan fingerprint density at radius 1 is 1.48 bits per heavy atom. The number of carbonyl (C=O) groups excluding carboxylic acids is 1.